The molecule has 2 aromatic carbocycles. The first-order valence-electron chi connectivity index (χ1n) is 6.22. The largest absolute Gasteiger partial charge is 0.490 e. The van der Waals surface area contributed by atoms with E-state index >= 15 is 0 Å². The molecule has 0 fully saturated rings. The van der Waals surface area contributed by atoms with Gasteiger partial charge in [-0.3, -0.25) is 5.26 Å². The lowest BCUT2D eigenvalue weighted by Gasteiger charge is -2.16. The fourth-order valence-corrected chi connectivity index (χ4v) is 2.01. The highest BCUT2D eigenvalue weighted by Crippen LogP contribution is 2.26. The van der Waals surface area contributed by atoms with Gasteiger partial charge in [-0.2, -0.15) is 0 Å². The van der Waals surface area contributed by atoms with Crippen LogP contribution in [-0.2, 0) is 4.89 Å². The molecule has 0 heterocycles. The van der Waals surface area contributed by atoms with Crippen molar-refractivity contribution in [1.29, 1.82) is 0 Å². The van der Waals surface area contributed by atoms with Gasteiger partial charge in [0, 0.05) is 5.39 Å². The molecule has 96 valence electrons. The van der Waals surface area contributed by atoms with Crippen LogP contribution in [0.4, 0.5) is 0 Å². The summed E-state index contributed by atoms with van der Waals surface area (Å²) in [7, 11) is 0. The number of benzene rings is 2. The molecule has 0 saturated carbocycles. The van der Waals surface area contributed by atoms with E-state index in [1.807, 2.05) is 31.2 Å². The standard InChI is InChI=1S/C15H18O3/c1-12(6-5-11-17-16)18-15-10-4-8-13-7-2-3-9-14(13)15/h2-4,7-10,12,16H,5-6,11H2,1H3. The summed E-state index contributed by atoms with van der Waals surface area (Å²) in [6.07, 6.45) is 1.73. The maximum absolute atomic E-state index is 8.27. The fourth-order valence-electron chi connectivity index (χ4n) is 2.01. The zero-order valence-corrected chi connectivity index (χ0v) is 10.5. The SMILES string of the molecule is CC(CCCOO)Oc1cccc2ccccc12. The summed E-state index contributed by atoms with van der Waals surface area (Å²) in [6, 6.07) is 14.2. The van der Waals surface area contributed by atoms with Gasteiger partial charge < -0.3 is 4.74 Å². The molecule has 0 saturated heterocycles. The predicted molar refractivity (Wildman–Crippen MR) is 71.9 cm³/mol. The molecule has 0 bridgehead atoms. The monoisotopic (exact) mass is 246 g/mol. The molecule has 0 aliphatic heterocycles. The van der Waals surface area contributed by atoms with Gasteiger partial charge in [-0.15, -0.1) is 0 Å². The zero-order valence-electron chi connectivity index (χ0n) is 10.5. The minimum Gasteiger partial charge on any atom is -0.490 e. The third kappa shape index (κ3) is 3.22. The van der Waals surface area contributed by atoms with Crippen LogP contribution in [0.25, 0.3) is 10.8 Å². The van der Waals surface area contributed by atoms with Crippen LogP contribution in [0.2, 0.25) is 0 Å². The summed E-state index contributed by atoms with van der Waals surface area (Å²) in [5.41, 5.74) is 0. The van der Waals surface area contributed by atoms with Gasteiger partial charge in [0.15, 0.2) is 0 Å². The quantitative estimate of drug-likeness (QED) is 0.477. The first-order chi connectivity index (χ1) is 8.81. The Kier molecular flexibility index (Phi) is 4.56. The Morgan fingerprint density at radius 3 is 2.72 bits per heavy atom. The molecule has 0 aliphatic carbocycles. The molecule has 0 radical (unpaired) electrons. The van der Waals surface area contributed by atoms with Crippen molar-refractivity contribution in [2.45, 2.75) is 25.9 Å². The normalized spacial score (nSPS) is 12.6. The minimum absolute atomic E-state index is 0.103. The van der Waals surface area contributed by atoms with E-state index in [1.165, 1.54) is 5.39 Å². The average Bonchev–Trinajstić information content (AvgIpc) is 2.39. The zero-order chi connectivity index (χ0) is 12.8. The second-order valence-corrected chi connectivity index (χ2v) is 4.38. The first kappa shape index (κ1) is 12.9. The second-order valence-electron chi connectivity index (χ2n) is 4.38. The molecule has 1 atom stereocenters. The van der Waals surface area contributed by atoms with Gasteiger partial charge in [-0.05, 0) is 31.2 Å². The van der Waals surface area contributed by atoms with Crippen LogP contribution in [0, 0.1) is 0 Å². The molecule has 0 spiro atoms. The lowest BCUT2D eigenvalue weighted by atomic mass is 10.1. The van der Waals surface area contributed by atoms with Crippen molar-refractivity contribution in [2.75, 3.05) is 6.61 Å². The van der Waals surface area contributed by atoms with Crippen LogP contribution in [0.15, 0.2) is 42.5 Å². The van der Waals surface area contributed by atoms with Gasteiger partial charge in [0.1, 0.15) is 5.75 Å². The maximum Gasteiger partial charge on any atom is 0.127 e. The lowest BCUT2D eigenvalue weighted by Crippen LogP contribution is -2.12. The number of hydrogen-bond acceptors (Lipinski definition) is 3. The molecule has 1 N–H and O–H groups in total. The third-order valence-corrected chi connectivity index (χ3v) is 2.92. The summed E-state index contributed by atoms with van der Waals surface area (Å²) in [6.45, 7) is 2.38. The summed E-state index contributed by atoms with van der Waals surface area (Å²) < 4.78 is 5.94. The second kappa shape index (κ2) is 6.38. The molecular weight excluding hydrogens is 228 g/mol. The number of hydrogen-bond donors (Lipinski definition) is 1. The number of rotatable bonds is 6. The van der Waals surface area contributed by atoms with Gasteiger partial charge in [0.05, 0.1) is 12.7 Å². The summed E-state index contributed by atoms with van der Waals surface area (Å²) in [5, 5.41) is 10.6. The molecule has 0 aromatic heterocycles. The van der Waals surface area contributed by atoms with E-state index in [-0.39, 0.29) is 6.10 Å². The van der Waals surface area contributed by atoms with Crippen molar-refractivity contribution in [3.05, 3.63) is 42.5 Å². The highest BCUT2D eigenvalue weighted by atomic mass is 17.1. The Morgan fingerprint density at radius 1 is 1.11 bits per heavy atom. The molecule has 2 rings (SSSR count). The molecule has 0 amide bonds. The van der Waals surface area contributed by atoms with Gasteiger partial charge in [-0.1, -0.05) is 36.4 Å². The molecule has 18 heavy (non-hydrogen) atoms. The Bertz CT molecular complexity index is 491. The van der Waals surface area contributed by atoms with E-state index in [0.29, 0.717) is 6.61 Å². The molecular formula is C15H18O3. The smallest absolute Gasteiger partial charge is 0.127 e. The van der Waals surface area contributed by atoms with Crippen molar-refractivity contribution < 1.29 is 14.9 Å². The summed E-state index contributed by atoms with van der Waals surface area (Å²) in [5.74, 6) is 0.908. The first-order valence-corrected chi connectivity index (χ1v) is 6.22. The van der Waals surface area contributed by atoms with Crippen LogP contribution < -0.4 is 4.74 Å². The highest BCUT2D eigenvalue weighted by Gasteiger charge is 2.06. The van der Waals surface area contributed by atoms with Crippen LogP contribution in [0.1, 0.15) is 19.8 Å². The van der Waals surface area contributed by atoms with Gasteiger partial charge in [0.25, 0.3) is 0 Å². The Labute approximate surface area is 107 Å². The van der Waals surface area contributed by atoms with Gasteiger partial charge >= 0.3 is 0 Å². The molecule has 0 aliphatic rings. The molecule has 3 heteroatoms. The van der Waals surface area contributed by atoms with E-state index in [0.717, 1.165) is 24.0 Å². The summed E-state index contributed by atoms with van der Waals surface area (Å²) in [4.78, 5) is 4.06. The minimum atomic E-state index is 0.103. The predicted octanol–water partition coefficient (Wildman–Crippen LogP) is 3.88. The van der Waals surface area contributed by atoms with E-state index in [2.05, 4.69) is 23.1 Å². The average molecular weight is 246 g/mol. The Hall–Kier alpha value is -1.58. The van der Waals surface area contributed by atoms with Crippen LogP contribution >= 0.6 is 0 Å². The van der Waals surface area contributed by atoms with Gasteiger partial charge in [0.2, 0.25) is 0 Å². The van der Waals surface area contributed by atoms with Crippen LogP contribution in [0.3, 0.4) is 0 Å². The molecule has 1 unspecified atom stereocenters. The number of fused-ring (bicyclic) bond motifs is 1. The van der Waals surface area contributed by atoms with Crippen molar-refractivity contribution in [2.24, 2.45) is 0 Å². The highest BCUT2D eigenvalue weighted by molar-refractivity contribution is 5.88. The van der Waals surface area contributed by atoms with E-state index in [9.17, 15) is 0 Å². The van der Waals surface area contributed by atoms with Crippen molar-refractivity contribution in [3.63, 3.8) is 0 Å². The fraction of sp³-hybridized carbons (Fsp3) is 0.333. The van der Waals surface area contributed by atoms with Crippen molar-refractivity contribution >= 4 is 10.8 Å². The van der Waals surface area contributed by atoms with Crippen LogP contribution in [-0.4, -0.2) is 18.0 Å². The van der Waals surface area contributed by atoms with Crippen molar-refractivity contribution in [3.8, 4) is 5.75 Å². The number of ether oxygens (including phenoxy) is 1. The van der Waals surface area contributed by atoms with E-state index < -0.39 is 0 Å². The Morgan fingerprint density at radius 2 is 1.89 bits per heavy atom. The Balaban J connectivity index is 2.07. The molecule has 2 aromatic rings. The lowest BCUT2D eigenvalue weighted by molar-refractivity contribution is -0.243. The summed E-state index contributed by atoms with van der Waals surface area (Å²) >= 11 is 0. The van der Waals surface area contributed by atoms with Crippen LogP contribution in [0.5, 0.6) is 5.75 Å². The maximum atomic E-state index is 8.27. The third-order valence-electron chi connectivity index (χ3n) is 2.92. The molecule has 3 nitrogen and oxygen atoms in total. The topological polar surface area (TPSA) is 38.7 Å². The van der Waals surface area contributed by atoms with Gasteiger partial charge in [-0.25, -0.2) is 4.89 Å². The van der Waals surface area contributed by atoms with E-state index in [4.69, 9.17) is 9.99 Å². The van der Waals surface area contributed by atoms with E-state index in [1.54, 1.807) is 0 Å². The van der Waals surface area contributed by atoms with Crippen molar-refractivity contribution in [1.82, 2.24) is 0 Å².